The maximum Gasteiger partial charge on any atom is 0.206 e. The topological polar surface area (TPSA) is 116 Å². The van der Waals surface area contributed by atoms with Crippen LogP contribution in [0.1, 0.15) is 30.2 Å². The molecule has 0 saturated carbocycles. The van der Waals surface area contributed by atoms with Crippen molar-refractivity contribution in [1.82, 2.24) is 25.2 Å². The molecule has 1 aromatic carbocycles. The summed E-state index contributed by atoms with van der Waals surface area (Å²) >= 11 is 0. The van der Waals surface area contributed by atoms with Gasteiger partial charge in [0, 0.05) is 30.1 Å². The van der Waals surface area contributed by atoms with E-state index in [1.807, 2.05) is 79.3 Å². The minimum absolute atomic E-state index is 0.390. The summed E-state index contributed by atoms with van der Waals surface area (Å²) in [6, 6.07) is 13.0. The van der Waals surface area contributed by atoms with Crippen molar-refractivity contribution in [2.24, 2.45) is 4.99 Å². The molecule has 2 aromatic heterocycles. The molecule has 0 N–H and O–H groups in total. The minimum atomic E-state index is 0.390. The first kappa shape index (κ1) is 21.7. The second kappa shape index (κ2) is 9.42. The van der Waals surface area contributed by atoms with E-state index >= 15 is 0 Å². The molecule has 1 aliphatic carbocycles. The molecule has 0 spiro atoms. The first-order chi connectivity index (χ1) is 17.3. The maximum atomic E-state index is 9.49. The van der Waals surface area contributed by atoms with E-state index in [1.165, 1.54) is 0 Å². The number of fused-ring (bicyclic) bond motifs is 2. The van der Waals surface area contributed by atoms with Crippen LogP contribution >= 0.6 is 0 Å². The standard InChI is InChI=1S/C27H19N8/c1-2-14-35-15-8-6-12-21(35)25-24(20-11-5-7-13-30-20)33-26-22(31-16-28)18-9-3-4-10-19(18)23(32-17-29)27(26)34-25/h3-13,15H,2,14H2,1H3/b25-21-,32-23?. The zero-order valence-electron chi connectivity index (χ0n) is 18.9. The lowest BCUT2D eigenvalue weighted by Crippen LogP contribution is -2.39. The van der Waals surface area contributed by atoms with Crippen molar-refractivity contribution in [2.45, 2.75) is 13.3 Å². The summed E-state index contributed by atoms with van der Waals surface area (Å²) in [5.41, 5.74) is 4.59. The highest BCUT2D eigenvalue weighted by atomic mass is 15.1. The third-order valence-electron chi connectivity index (χ3n) is 5.66. The Morgan fingerprint density at radius 2 is 1.71 bits per heavy atom. The molecule has 0 atom stereocenters. The number of benzene rings is 1. The molecule has 0 unspecified atom stereocenters. The van der Waals surface area contributed by atoms with Crippen LogP contribution in [-0.2, 0) is 0 Å². The van der Waals surface area contributed by atoms with Crippen LogP contribution in [0.3, 0.4) is 0 Å². The number of pyridine rings is 1. The molecule has 0 saturated heterocycles. The van der Waals surface area contributed by atoms with Gasteiger partial charge in [-0.1, -0.05) is 43.3 Å². The summed E-state index contributed by atoms with van der Waals surface area (Å²) < 4.78 is 0. The molecule has 5 rings (SSSR count). The van der Waals surface area contributed by atoms with Crippen LogP contribution in [0.15, 0.2) is 78.1 Å². The van der Waals surface area contributed by atoms with Crippen LogP contribution in [0, 0.1) is 22.9 Å². The van der Waals surface area contributed by atoms with E-state index in [4.69, 9.17) is 9.97 Å². The van der Waals surface area contributed by atoms with Gasteiger partial charge < -0.3 is 4.90 Å². The van der Waals surface area contributed by atoms with Gasteiger partial charge in [-0.25, -0.2) is 9.97 Å². The first-order valence-electron chi connectivity index (χ1n) is 11.1. The van der Waals surface area contributed by atoms with Gasteiger partial charge in [-0.3, -0.25) is 4.98 Å². The predicted molar refractivity (Wildman–Crippen MR) is 131 cm³/mol. The van der Waals surface area contributed by atoms with E-state index in [2.05, 4.69) is 27.1 Å². The quantitative estimate of drug-likeness (QED) is 0.558. The van der Waals surface area contributed by atoms with Crippen LogP contribution in [0.5, 0.6) is 0 Å². The SMILES string of the molecule is CCCN1C=CC=C/C1=c1/nc2c(nc1-c1ccccn1)=C([N]C#N)c1ccccc1C2=NC#N. The highest BCUT2D eigenvalue weighted by molar-refractivity contribution is 6.16. The lowest BCUT2D eigenvalue weighted by molar-refractivity contribution is 0.520. The van der Waals surface area contributed by atoms with Crippen molar-refractivity contribution < 1.29 is 0 Å². The number of nitrogens with zero attached hydrogens (tertiary/aromatic N) is 8. The average molecular weight is 456 g/mol. The molecule has 167 valence electrons. The molecule has 3 heterocycles. The second-order valence-electron chi connectivity index (χ2n) is 7.78. The number of hydrogen-bond donors (Lipinski definition) is 0. The summed E-state index contributed by atoms with van der Waals surface area (Å²) in [6.07, 6.45) is 14.3. The van der Waals surface area contributed by atoms with E-state index in [1.54, 1.807) is 6.20 Å². The molecular formula is C27H19N8. The van der Waals surface area contributed by atoms with Gasteiger partial charge in [-0.05, 0) is 30.7 Å². The fourth-order valence-electron chi connectivity index (χ4n) is 4.23. The van der Waals surface area contributed by atoms with Crippen molar-refractivity contribution in [1.29, 1.82) is 10.5 Å². The molecule has 0 bridgehead atoms. The molecular weight excluding hydrogens is 436 g/mol. The molecule has 8 heteroatoms. The van der Waals surface area contributed by atoms with Gasteiger partial charge in [0.1, 0.15) is 33.5 Å². The van der Waals surface area contributed by atoms with Gasteiger partial charge in [0.25, 0.3) is 0 Å². The first-order valence-corrected chi connectivity index (χ1v) is 11.1. The Labute approximate surface area is 202 Å². The molecule has 0 amide bonds. The van der Waals surface area contributed by atoms with E-state index < -0.39 is 0 Å². The van der Waals surface area contributed by atoms with Gasteiger partial charge >= 0.3 is 0 Å². The Hall–Kier alpha value is -5.08. The lowest BCUT2D eigenvalue weighted by atomic mass is 9.92. The Morgan fingerprint density at radius 3 is 2.46 bits per heavy atom. The minimum Gasteiger partial charge on any atom is -0.346 e. The number of hydrogen-bond acceptors (Lipinski definition) is 7. The number of aromatic nitrogens is 3. The fraction of sp³-hybridized carbons (Fsp3) is 0.111. The van der Waals surface area contributed by atoms with Crippen molar-refractivity contribution in [3.8, 4) is 23.8 Å². The monoisotopic (exact) mass is 455 g/mol. The highest BCUT2D eigenvalue weighted by Crippen LogP contribution is 2.23. The molecule has 1 radical (unpaired) electrons. The normalized spacial score (nSPS) is 16.4. The van der Waals surface area contributed by atoms with Crippen LogP contribution in [0.2, 0.25) is 0 Å². The lowest BCUT2D eigenvalue weighted by Gasteiger charge is -2.24. The Balaban J connectivity index is 1.97. The summed E-state index contributed by atoms with van der Waals surface area (Å²) in [4.78, 5) is 20.8. The van der Waals surface area contributed by atoms with Crippen molar-refractivity contribution in [2.75, 3.05) is 6.54 Å². The average Bonchev–Trinajstić information content (AvgIpc) is 2.91. The molecule has 3 aromatic rings. The van der Waals surface area contributed by atoms with Gasteiger partial charge in [-0.2, -0.15) is 20.8 Å². The van der Waals surface area contributed by atoms with E-state index in [0.717, 1.165) is 18.7 Å². The highest BCUT2D eigenvalue weighted by Gasteiger charge is 2.27. The molecule has 1 aliphatic heterocycles. The molecule has 0 fully saturated rings. The Kier molecular flexibility index (Phi) is 5.85. The van der Waals surface area contributed by atoms with Crippen LogP contribution in [0.4, 0.5) is 0 Å². The van der Waals surface area contributed by atoms with E-state index in [-0.39, 0.29) is 0 Å². The zero-order valence-corrected chi connectivity index (χ0v) is 18.9. The number of aliphatic imine (C=N–C) groups is 1. The summed E-state index contributed by atoms with van der Waals surface area (Å²) in [7, 11) is 0. The van der Waals surface area contributed by atoms with Crippen molar-refractivity contribution >= 4 is 17.1 Å². The summed E-state index contributed by atoms with van der Waals surface area (Å²) in [6.45, 7) is 2.90. The zero-order chi connectivity index (χ0) is 24.2. The smallest absolute Gasteiger partial charge is 0.206 e. The number of allylic oxidation sites excluding steroid dienone is 2. The fourth-order valence-corrected chi connectivity index (χ4v) is 4.23. The molecule has 35 heavy (non-hydrogen) atoms. The van der Waals surface area contributed by atoms with Gasteiger partial charge in [-0.15, -0.1) is 0 Å². The van der Waals surface area contributed by atoms with E-state index in [0.29, 0.717) is 50.3 Å². The molecule has 8 nitrogen and oxygen atoms in total. The third-order valence-corrected chi connectivity index (χ3v) is 5.66. The largest absolute Gasteiger partial charge is 0.346 e. The Morgan fingerprint density at radius 1 is 0.914 bits per heavy atom. The van der Waals surface area contributed by atoms with Gasteiger partial charge in [0.2, 0.25) is 12.4 Å². The maximum absolute atomic E-state index is 9.49. The third kappa shape index (κ3) is 3.84. The molecule has 2 aliphatic rings. The summed E-state index contributed by atoms with van der Waals surface area (Å²) in [5.74, 6) is 0. The van der Waals surface area contributed by atoms with Crippen molar-refractivity contribution in [3.05, 3.63) is 101 Å². The van der Waals surface area contributed by atoms with Crippen molar-refractivity contribution in [3.63, 3.8) is 0 Å². The van der Waals surface area contributed by atoms with Crippen LogP contribution < -0.4 is 16.0 Å². The predicted octanol–water partition coefficient (Wildman–Crippen LogP) is 2.32. The Bertz CT molecular complexity index is 1600. The van der Waals surface area contributed by atoms with Gasteiger partial charge in [0.15, 0.2) is 0 Å². The van der Waals surface area contributed by atoms with Crippen LogP contribution in [-0.4, -0.2) is 32.1 Å². The van der Waals surface area contributed by atoms with E-state index in [9.17, 15) is 10.5 Å². The van der Waals surface area contributed by atoms with Gasteiger partial charge in [0.05, 0.1) is 11.4 Å². The number of rotatable bonds is 4. The second-order valence-corrected chi connectivity index (χ2v) is 7.78. The van der Waals surface area contributed by atoms with Crippen LogP contribution in [0.25, 0.3) is 22.8 Å². The summed E-state index contributed by atoms with van der Waals surface area (Å²) in [5, 5.41) is 24.1. The number of nitriles is 2.